The third kappa shape index (κ3) is 2.03. The Morgan fingerprint density at radius 2 is 2.00 bits per heavy atom. The van der Waals surface area contributed by atoms with E-state index in [1.165, 1.54) is 18.2 Å². The number of carbonyl (C=O) groups excluding carboxylic acids is 1. The predicted octanol–water partition coefficient (Wildman–Crippen LogP) is 2.38. The summed E-state index contributed by atoms with van der Waals surface area (Å²) in [4.78, 5) is 22.3. The lowest BCUT2D eigenvalue weighted by Gasteiger charge is -2.41. The Balaban J connectivity index is 1.97. The molecule has 1 aliphatic carbocycles. The van der Waals surface area contributed by atoms with E-state index in [1.54, 1.807) is 0 Å². The van der Waals surface area contributed by atoms with E-state index >= 15 is 0 Å². The lowest BCUT2D eigenvalue weighted by Crippen LogP contribution is -2.56. The zero-order chi connectivity index (χ0) is 13.5. The Bertz CT molecular complexity index is 550. The van der Waals surface area contributed by atoms with Crippen LogP contribution in [0.2, 0.25) is 0 Å². The van der Waals surface area contributed by atoms with E-state index in [0.717, 1.165) is 32.1 Å². The summed E-state index contributed by atoms with van der Waals surface area (Å²) in [6.07, 6.45) is 4.75. The van der Waals surface area contributed by atoms with Crippen LogP contribution in [0.3, 0.4) is 0 Å². The Kier molecular flexibility index (Phi) is 2.66. The minimum absolute atomic E-state index is 0.0999. The summed E-state index contributed by atoms with van der Waals surface area (Å²) in [5.74, 6) is 0.156. The molecule has 1 aliphatic heterocycles. The fourth-order valence-corrected chi connectivity index (χ4v) is 2.76. The molecule has 2 aliphatic rings. The van der Waals surface area contributed by atoms with Gasteiger partial charge in [0, 0.05) is 25.0 Å². The number of amides is 1. The number of hydrogen-bond donors (Lipinski definition) is 1. The van der Waals surface area contributed by atoms with Gasteiger partial charge in [0.2, 0.25) is 0 Å². The number of carbonyl (C=O) groups is 1. The molecule has 100 valence electrons. The van der Waals surface area contributed by atoms with Crippen molar-refractivity contribution >= 4 is 11.6 Å². The van der Waals surface area contributed by atoms with Crippen molar-refractivity contribution in [3.05, 3.63) is 33.9 Å². The van der Waals surface area contributed by atoms with E-state index in [2.05, 4.69) is 5.32 Å². The van der Waals surface area contributed by atoms with Crippen LogP contribution >= 0.6 is 0 Å². The number of hydrogen-bond acceptors (Lipinski definition) is 4. The SMILES string of the molecule is O=C1NC2(CCCCC2)Oc2ccc([N+](=O)[O-])cc21. The molecule has 1 amide bonds. The summed E-state index contributed by atoms with van der Waals surface area (Å²) in [6, 6.07) is 4.15. The molecule has 0 atom stereocenters. The minimum Gasteiger partial charge on any atom is -0.467 e. The fourth-order valence-electron chi connectivity index (χ4n) is 2.76. The average molecular weight is 262 g/mol. The number of nitrogens with one attached hydrogen (secondary N) is 1. The van der Waals surface area contributed by atoms with Gasteiger partial charge < -0.3 is 10.1 Å². The number of nitro groups is 1. The van der Waals surface area contributed by atoms with Gasteiger partial charge in [0.1, 0.15) is 5.75 Å². The maximum absolute atomic E-state index is 12.1. The van der Waals surface area contributed by atoms with Crippen LogP contribution < -0.4 is 10.1 Å². The fraction of sp³-hybridized carbons (Fsp3) is 0.462. The predicted molar refractivity (Wildman–Crippen MR) is 67.0 cm³/mol. The van der Waals surface area contributed by atoms with Crippen molar-refractivity contribution in [2.75, 3.05) is 0 Å². The van der Waals surface area contributed by atoms with Crippen molar-refractivity contribution in [1.82, 2.24) is 5.32 Å². The lowest BCUT2D eigenvalue weighted by atomic mass is 9.90. The molecule has 0 bridgehead atoms. The van der Waals surface area contributed by atoms with Crippen molar-refractivity contribution in [3.63, 3.8) is 0 Å². The third-order valence-electron chi connectivity index (χ3n) is 3.73. The molecule has 6 nitrogen and oxygen atoms in total. The molecule has 1 N–H and O–H groups in total. The molecule has 1 heterocycles. The second kappa shape index (κ2) is 4.22. The van der Waals surface area contributed by atoms with Crippen LogP contribution in [0.15, 0.2) is 18.2 Å². The van der Waals surface area contributed by atoms with Crippen molar-refractivity contribution in [1.29, 1.82) is 0 Å². The zero-order valence-electron chi connectivity index (χ0n) is 10.3. The van der Waals surface area contributed by atoms with E-state index in [1.807, 2.05) is 0 Å². The highest BCUT2D eigenvalue weighted by molar-refractivity contribution is 5.99. The molecular formula is C13H14N2O4. The summed E-state index contributed by atoms with van der Waals surface area (Å²) in [6.45, 7) is 0. The van der Waals surface area contributed by atoms with Crippen LogP contribution in [0, 0.1) is 10.1 Å². The molecule has 1 aromatic carbocycles. The second-order valence-electron chi connectivity index (χ2n) is 5.05. The molecule has 0 unspecified atom stereocenters. The number of rotatable bonds is 1. The van der Waals surface area contributed by atoms with Crippen LogP contribution in [-0.4, -0.2) is 16.6 Å². The van der Waals surface area contributed by atoms with Gasteiger partial charge in [0.05, 0.1) is 10.5 Å². The normalized spacial score (nSPS) is 20.3. The summed E-state index contributed by atoms with van der Waals surface area (Å²) in [5.41, 5.74) is -0.471. The van der Waals surface area contributed by atoms with Crippen molar-refractivity contribution in [3.8, 4) is 5.75 Å². The van der Waals surface area contributed by atoms with Crippen molar-refractivity contribution in [2.45, 2.75) is 37.8 Å². The van der Waals surface area contributed by atoms with Crippen molar-refractivity contribution in [2.24, 2.45) is 0 Å². The topological polar surface area (TPSA) is 81.5 Å². The molecule has 19 heavy (non-hydrogen) atoms. The van der Waals surface area contributed by atoms with Crippen molar-refractivity contribution < 1.29 is 14.5 Å². The zero-order valence-corrected chi connectivity index (χ0v) is 10.3. The first-order valence-electron chi connectivity index (χ1n) is 6.40. The molecule has 0 saturated heterocycles. The highest BCUT2D eigenvalue weighted by Gasteiger charge is 2.41. The van der Waals surface area contributed by atoms with E-state index in [-0.39, 0.29) is 17.2 Å². The average Bonchev–Trinajstić information content (AvgIpc) is 2.39. The van der Waals surface area contributed by atoms with Gasteiger partial charge in [-0.05, 0) is 18.9 Å². The number of nitro benzene ring substituents is 1. The van der Waals surface area contributed by atoms with Gasteiger partial charge in [-0.15, -0.1) is 0 Å². The lowest BCUT2D eigenvalue weighted by molar-refractivity contribution is -0.384. The molecule has 0 aromatic heterocycles. The molecule has 6 heteroatoms. The molecule has 1 fully saturated rings. The molecule has 1 aromatic rings. The van der Waals surface area contributed by atoms with Gasteiger partial charge in [-0.25, -0.2) is 0 Å². The largest absolute Gasteiger partial charge is 0.467 e. The van der Waals surface area contributed by atoms with E-state index in [0.29, 0.717) is 5.75 Å². The standard InChI is InChI=1S/C13H14N2O4/c16-12-10-8-9(15(17)18)4-5-11(10)19-13(14-12)6-2-1-3-7-13/h4-5,8H,1-3,6-7H2,(H,14,16). The van der Waals surface area contributed by atoms with Gasteiger partial charge in [0.15, 0.2) is 5.72 Å². The monoisotopic (exact) mass is 262 g/mol. The molecule has 1 spiro atoms. The number of nitrogens with zero attached hydrogens (tertiary/aromatic N) is 1. The van der Waals surface area contributed by atoms with Crippen LogP contribution in [0.1, 0.15) is 42.5 Å². The summed E-state index contributed by atoms with van der Waals surface area (Å²) >= 11 is 0. The summed E-state index contributed by atoms with van der Waals surface area (Å²) in [5, 5.41) is 13.6. The minimum atomic E-state index is -0.613. The Morgan fingerprint density at radius 1 is 1.26 bits per heavy atom. The summed E-state index contributed by atoms with van der Waals surface area (Å²) < 4.78 is 5.91. The van der Waals surface area contributed by atoms with E-state index in [4.69, 9.17) is 4.74 Å². The first-order chi connectivity index (χ1) is 9.10. The second-order valence-corrected chi connectivity index (χ2v) is 5.05. The van der Waals surface area contributed by atoms with E-state index in [9.17, 15) is 14.9 Å². The van der Waals surface area contributed by atoms with Gasteiger partial charge in [-0.1, -0.05) is 6.42 Å². The van der Waals surface area contributed by atoms with Crippen LogP contribution in [-0.2, 0) is 0 Å². The Morgan fingerprint density at radius 3 is 2.68 bits per heavy atom. The molecular weight excluding hydrogens is 248 g/mol. The Labute approximate surface area is 109 Å². The summed E-state index contributed by atoms with van der Waals surface area (Å²) in [7, 11) is 0. The van der Waals surface area contributed by atoms with Crippen LogP contribution in [0.25, 0.3) is 0 Å². The maximum Gasteiger partial charge on any atom is 0.270 e. The number of ether oxygens (including phenoxy) is 1. The van der Waals surface area contributed by atoms with Crippen LogP contribution in [0.4, 0.5) is 5.69 Å². The third-order valence-corrected chi connectivity index (χ3v) is 3.73. The van der Waals surface area contributed by atoms with Gasteiger partial charge in [-0.2, -0.15) is 0 Å². The first kappa shape index (κ1) is 12.0. The van der Waals surface area contributed by atoms with E-state index < -0.39 is 10.6 Å². The van der Waals surface area contributed by atoms with Gasteiger partial charge in [-0.3, -0.25) is 14.9 Å². The maximum atomic E-state index is 12.1. The van der Waals surface area contributed by atoms with Gasteiger partial charge in [0.25, 0.3) is 11.6 Å². The Hall–Kier alpha value is -2.11. The first-order valence-corrected chi connectivity index (χ1v) is 6.40. The van der Waals surface area contributed by atoms with Gasteiger partial charge >= 0.3 is 0 Å². The number of non-ortho nitro benzene ring substituents is 1. The molecule has 0 radical (unpaired) electrons. The smallest absolute Gasteiger partial charge is 0.270 e. The molecule has 3 rings (SSSR count). The highest BCUT2D eigenvalue weighted by atomic mass is 16.6. The quantitative estimate of drug-likeness (QED) is 0.622. The number of fused-ring (bicyclic) bond motifs is 1. The van der Waals surface area contributed by atoms with Crippen LogP contribution in [0.5, 0.6) is 5.75 Å². The highest BCUT2D eigenvalue weighted by Crippen LogP contribution is 2.37. The number of benzene rings is 1. The molecule has 1 saturated carbocycles.